The van der Waals surface area contributed by atoms with E-state index in [-0.39, 0.29) is 11.9 Å². The summed E-state index contributed by atoms with van der Waals surface area (Å²) in [5.41, 5.74) is 1.07. The number of halogens is 1. The van der Waals surface area contributed by atoms with Crippen LogP contribution < -0.4 is 4.72 Å². The van der Waals surface area contributed by atoms with Gasteiger partial charge in [-0.1, -0.05) is 30.3 Å². The average molecular weight is 348 g/mol. The number of rotatable bonds is 5. The van der Waals surface area contributed by atoms with Crippen molar-refractivity contribution < 1.29 is 12.8 Å². The Morgan fingerprint density at radius 3 is 2.25 bits per heavy atom. The van der Waals surface area contributed by atoms with Gasteiger partial charge in [-0.25, -0.2) is 17.5 Å². The van der Waals surface area contributed by atoms with Crippen molar-refractivity contribution in [2.24, 2.45) is 0 Å². The SMILES string of the molecule is O=S(=O)(NC1CCN(Cc2ccc(F)cc2)CC1)c1ccccc1. The minimum Gasteiger partial charge on any atom is -0.299 e. The second-order valence-electron chi connectivity index (χ2n) is 6.11. The molecule has 0 saturated carbocycles. The predicted octanol–water partition coefficient (Wildman–Crippen LogP) is 2.77. The van der Waals surface area contributed by atoms with Crippen LogP contribution in [0.2, 0.25) is 0 Å². The van der Waals surface area contributed by atoms with Crippen molar-refractivity contribution in [3.63, 3.8) is 0 Å². The zero-order valence-corrected chi connectivity index (χ0v) is 14.2. The molecule has 4 nitrogen and oxygen atoms in total. The van der Waals surface area contributed by atoms with Gasteiger partial charge in [0, 0.05) is 25.7 Å². The van der Waals surface area contributed by atoms with Gasteiger partial charge < -0.3 is 0 Å². The Morgan fingerprint density at radius 2 is 1.62 bits per heavy atom. The molecule has 0 bridgehead atoms. The summed E-state index contributed by atoms with van der Waals surface area (Å²) in [4.78, 5) is 2.57. The molecule has 0 atom stereocenters. The second kappa shape index (κ2) is 7.42. The van der Waals surface area contributed by atoms with Gasteiger partial charge in [0.15, 0.2) is 0 Å². The molecule has 24 heavy (non-hydrogen) atoms. The summed E-state index contributed by atoms with van der Waals surface area (Å²) in [6.45, 7) is 2.40. The molecule has 0 spiro atoms. The number of hydrogen-bond donors (Lipinski definition) is 1. The number of piperidine rings is 1. The van der Waals surface area contributed by atoms with Crippen molar-refractivity contribution in [2.75, 3.05) is 13.1 Å². The van der Waals surface area contributed by atoms with Crippen molar-refractivity contribution in [2.45, 2.75) is 30.3 Å². The molecule has 1 aliphatic heterocycles. The quantitative estimate of drug-likeness (QED) is 0.904. The Morgan fingerprint density at radius 1 is 1.00 bits per heavy atom. The molecular weight excluding hydrogens is 327 g/mol. The van der Waals surface area contributed by atoms with Crippen LogP contribution in [0.1, 0.15) is 18.4 Å². The number of hydrogen-bond acceptors (Lipinski definition) is 3. The number of benzene rings is 2. The summed E-state index contributed by atoms with van der Waals surface area (Å²) >= 11 is 0. The third kappa shape index (κ3) is 4.41. The van der Waals surface area contributed by atoms with Crippen LogP contribution in [0.15, 0.2) is 59.5 Å². The molecule has 0 amide bonds. The molecule has 128 valence electrons. The van der Waals surface area contributed by atoms with Crippen LogP contribution in [0.3, 0.4) is 0 Å². The monoisotopic (exact) mass is 348 g/mol. The first kappa shape index (κ1) is 17.1. The minimum atomic E-state index is -3.45. The molecule has 0 aromatic heterocycles. The molecule has 1 N–H and O–H groups in total. The maximum Gasteiger partial charge on any atom is 0.240 e. The summed E-state index contributed by atoms with van der Waals surface area (Å²) in [5, 5.41) is 0. The number of sulfonamides is 1. The van der Waals surface area contributed by atoms with Gasteiger partial charge in [0.2, 0.25) is 10.0 Å². The van der Waals surface area contributed by atoms with Crippen LogP contribution >= 0.6 is 0 Å². The van der Waals surface area contributed by atoms with Crippen molar-refractivity contribution in [1.29, 1.82) is 0 Å². The van der Waals surface area contributed by atoms with E-state index in [1.165, 1.54) is 12.1 Å². The third-order valence-electron chi connectivity index (χ3n) is 4.28. The van der Waals surface area contributed by atoms with E-state index in [2.05, 4.69) is 9.62 Å². The van der Waals surface area contributed by atoms with Crippen molar-refractivity contribution in [3.8, 4) is 0 Å². The summed E-state index contributed by atoms with van der Waals surface area (Å²) in [7, 11) is -3.45. The second-order valence-corrected chi connectivity index (χ2v) is 7.83. The van der Waals surface area contributed by atoms with Gasteiger partial charge in [-0.15, -0.1) is 0 Å². The predicted molar refractivity (Wildman–Crippen MR) is 91.5 cm³/mol. The van der Waals surface area contributed by atoms with Crippen LogP contribution in [-0.4, -0.2) is 32.4 Å². The average Bonchev–Trinajstić information content (AvgIpc) is 2.59. The summed E-state index contributed by atoms with van der Waals surface area (Å²) < 4.78 is 40.4. The largest absolute Gasteiger partial charge is 0.299 e. The molecule has 2 aromatic rings. The maximum absolute atomic E-state index is 12.9. The van der Waals surface area contributed by atoms with Gasteiger partial charge >= 0.3 is 0 Å². The highest BCUT2D eigenvalue weighted by atomic mass is 32.2. The van der Waals surface area contributed by atoms with E-state index in [4.69, 9.17) is 0 Å². The van der Waals surface area contributed by atoms with Gasteiger partial charge in [-0.3, -0.25) is 4.90 Å². The summed E-state index contributed by atoms with van der Waals surface area (Å²) in [5.74, 6) is -0.229. The van der Waals surface area contributed by atoms with Gasteiger partial charge in [0.05, 0.1) is 4.90 Å². The fourth-order valence-electron chi connectivity index (χ4n) is 2.94. The number of nitrogens with zero attached hydrogens (tertiary/aromatic N) is 1. The normalized spacial score (nSPS) is 17.0. The molecule has 0 unspecified atom stereocenters. The molecule has 1 saturated heterocycles. The molecule has 1 fully saturated rings. The Labute approximate surface area is 142 Å². The smallest absolute Gasteiger partial charge is 0.240 e. The van der Waals surface area contributed by atoms with E-state index in [0.717, 1.165) is 38.0 Å². The summed E-state index contributed by atoms with van der Waals surface area (Å²) in [6, 6.07) is 14.9. The molecule has 0 radical (unpaired) electrons. The lowest BCUT2D eigenvalue weighted by atomic mass is 10.1. The third-order valence-corrected chi connectivity index (χ3v) is 5.82. The lowest BCUT2D eigenvalue weighted by Gasteiger charge is -2.32. The van der Waals surface area contributed by atoms with Crippen LogP contribution in [0.5, 0.6) is 0 Å². The van der Waals surface area contributed by atoms with E-state index in [1.807, 2.05) is 0 Å². The van der Waals surface area contributed by atoms with Crippen molar-refractivity contribution in [1.82, 2.24) is 9.62 Å². The van der Waals surface area contributed by atoms with Gasteiger partial charge in [0.25, 0.3) is 0 Å². The number of nitrogens with one attached hydrogen (secondary N) is 1. The maximum atomic E-state index is 12.9. The first-order valence-electron chi connectivity index (χ1n) is 8.07. The topological polar surface area (TPSA) is 49.4 Å². The highest BCUT2D eigenvalue weighted by molar-refractivity contribution is 7.89. The molecule has 1 heterocycles. The van der Waals surface area contributed by atoms with Crippen LogP contribution in [0.4, 0.5) is 4.39 Å². The fraction of sp³-hybridized carbons (Fsp3) is 0.333. The van der Waals surface area contributed by atoms with Gasteiger partial charge in [-0.05, 0) is 42.7 Å². The van der Waals surface area contributed by atoms with Crippen LogP contribution in [0, 0.1) is 5.82 Å². The minimum absolute atomic E-state index is 0.0420. The van der Waals surface area contributed by atoms with Crippen LogP contribution in [-0.2, 0) is 16.6 Å². The molecule has 2 aromatic carbocycles. The van der Waals surface area contributed by atoms with Crippen molar-refractivity contribution >= 4 is 10.0 Å². The van der Waals surface area contributed by atoms with E-state index < -0.39 is 10.0 Å². The highest BCUT2D eigenvalue weighted by Crippen LogP contribution is 2.17. The Bertz CT molecular complexity index is 755. The molecule has 3 rings (SSSR count). The standard InChI is InChI=1S/C18H21FN2O2S/c19-16-8-6-15(7-9-16)14-21-12-10-17(11-13-21)20-24(22,23)18-4-2-1-3-5-18/h1-9,17,20H,10-14H2. The zero-order chi connectivity index (χ0) is 17.0. The Hall–Kier alpha value is -1.76. The highest BCUT2D eigenvalue weighted by Gasteiger charge is 2.24. The summed E-state index contributed by atoms with van der Waals surface area (Å²) in [6.07, 6.45) is 1.54. The first-order valence-corrected chi connectivity index (χ1v) is 9.55. The van der Waals surface area contributed by atoms with E-state index in [0.29, 0.717) is 4.90 Å². The Balaban J connectivity index is 1.53. The van der Waals surface area contributed by atoms with E-state index in [1.54, 1.807) is 42.5 Å². The molecular formula is C18H21FN2O2S. The van der Waals surface area contributed by atoms with Gasteiger partial charge in [-0.2, -0.15) is 0 Å². The van der Waals surface area contributed by atoms with Gasteiger partial charge in [0.1, 0.15) is 5.82 Å². The lowest BCUT2D eigenvalue weighted by Crippen LogP contribution is -2.44. The zero-order valence-electron chi connectivity index (χ0n) is 13.4. The first-order chi connectivity index (χ1) is 11.5. The molecule has 1 aliphatic rings. The lowest BCUT2D eigenvalue weighted by molar-refractivity contribution is 0.200. The Kier molecular flexibility index (Phi) is 5.28. The van der Waals surface area contributed by atoms with Crippen molar-refractivity contribution in [3.05, 3.63) is 66.0 Å². The fourth-order valence-corrected chi connectivity index (χ4v) is 4.27. The van der Waals surface area contributed by atoms with Crippen LogP contribution in [0.25, 0.3) is 0 Å². The van der Waals surface area contributed by atoms with E-state index in [9.17, 15) is 12.8 Å². The molecule has 6 heteroatoms. The van der Waals surface area contributed by atoms with E-state index >= 15 is 0 Å². The molecule has 0 aliphatic carbocycles. The number of likely N-dealkylation sites (tertiary alicyclic amines) is 1.